The Bertz CT molecular complexity index is 1430. The van der Waals surface area contributed by atoms with Crippen LogP contribution in [-0.4, -0.2) is 54.7 Å². The zero-order chi connectivity index (χ0) is 29.6. The van der Waals surface area contributed by atoms with Crippen molar-refractivity contribution >= 4 is 35.2 Å². The molecule has 212 valence electrons. The Kier molecular flexibility index (Phi) is 7.37. The number of ketones is 1. The number of Topliss-reactive ketones (excluding diaryl/α,β-unsaturated/α-hetero) is 1. The van der Waals surface area contributed by atoms with Gasteiger partial charge in [-0.1, -0.05) is 12.1 Å². The van der Waals surface area contributed by atoms with Gasteiger partial charge in [-0.3, -0.25) is 29.9 Å². The van der Waals surface area contributed by atoms with Crippen molar-refractivity contribution in [2.75, 3.05) is 18.6 Å². The van der Waals surface area contributed by atoms with Crippen molar-refractivity contribution in [2.45, 2.75) is 57.3 Å². The molecule has 1 saturated heterocycles. The molecule has 0 saturated carbocycles. The van der Waals surface area contributed by atoms with E-state index in [2.05, 4.69) is 5.32 Å². The fourth-order valence-electron chi connectivity index (χ4n) is 5.52. The Balaban J connectivity index is 2.08. The number of hydrogen-bond acceptors (Lipinski definition) is 10. The van der Waals surface area contributed by atoms with Crippen molar-refractivity contribution in [1.82, 2.24) is 5.32 Å². The third-order valence-electron chi connectivity index (χ3n) is 7.12. The van der Waals surface area contributed by atoms with Crippen molar-refractivity contribution < 1.29 is 42.7 Å². The smallest absolute Gasteiger partial charge is 0.415 e. The Labute approximate surface area is 228 Å². The molecule has 0 aliphatic carbocycles. The van der Waals surface area contributed by atoms with Crippen LogP contribution in [-0.2, 0) is 34.8 Å². The second kappa shape index (κ2) is 10.3. The van der Waals surface area contributed by atoms with Gasteiger partial charge in [0.05, 0.1) is 36.0 Å². The number of hydrogen-bond donors (Lipinski definition) is 1. The number of nitrogens with one attached hydrogen (secondary N) is 1. The first-order valence-electron chi connectivity index (χ1n) is 12.5. The maximum Gasteiger partial charge on any atom is 0.415 e. The van der Waals surface area contributed by atoms with Gasteiger partial charge in [0, 0.05) is 18.1 Å². The molecule has 2 aliphatic rings. The minimum absolute atomic E-state index is 0.0509. The van der Waals surface area contributed by atoms with Gasteiger partial charge >= 0.3 is 18.0 Å². The summed E-state index contributed by atoms with van der Waals surface area (Å²) in [6.07, 6.45) is -3.50. The molecule has 0 bridgehead atoms. The summed E-state index contributed by atoms with van der Waals surface area (Å²) in [5.74, 6) is -3.10. The van der Waals surface area contributed by atoms with Crippen LogP contribution in [0.1, 0.15) is 55.6 Å². The number of amides is 1. The zero-order valence-corrected chi connectivity index (χ0v) is 22.5. The molecule has 2 aliphatic heterocycles. The highest BCUT2D eigenvalue weighted by atomic mass is 19.1. The molecule has 0 radical (unpaired) electrons. The lowest BCUT2D eigenvalue weighted by Crippen LogP contribution is -2.57. The van der Waals surface area contributed by atoms with Crippen LogP contribution in [0.3, 0.4) is 0 Å². The molecule has 40 heavy (non-hydrogen) atoms. The van der Waals surface area contributed by atoms with Gasteiger partial charge in [0.2, 0.25) is 0 Å². The van der Waals surface area contributed by atoms with E-state index in [9.17, 15) is 33.7 Å². The average molecular weight is 558 g/mol. The van der Waals surface area contributed by atoms with Crippen molar-refractivity contribution in [1.29, 1.82) is 0 Å². The fourth-order valence-corrected chi connectivity index (χ4v) is 5.52. The number of nitrogens with zero attached hydrogens (tertiary/aromatic N) is 2. The zero-order valence-electron chi connectivity index (χ0n) is 22.5. The number of esters is 2. The number of nitro benzene ring substituents is 1. The van der Waals surface area contributed by atoms with Gasteiger partial charge in [0.25, 0.3) is 5.69 Å². The summed E-state index contributed by atoms with van der Waals surface area (Å²) < 4.78 is 30.5. The van der Waals surface area contributed by atoms with Gasteiger partial charge in [0.1, 0.15) is 17.4 Å². The molecule has 4 rings (SSSR count). The van der Waals surface area contributed by atoms with Crippen LogP contribution in [0, 0.1) is 15.9 Å². The second-order valence-corrected chi connectivity index (χ2v) is 9.82. The standard InChI is InChI=1S/C27H28FN3O9/c1-6-39-25(35)30-21-11-16(15(4)32)7-9-18(21)26(23(33)40-14(2)3)13-27(24(34)38-5,29-22(26)30)19-12-17(28)8-10-20(19)31(36)37/h7-12,14,22,29H,6,13H2,1-5H3/t22-,26-,27+/m1/s1. The molecule has 2 aromatic carbocycles. The third kappa shape index (κ3) is 4.26. The quantitative estimate of drug-likeness (QED) is 0.176. The third-order valence-corrected chi connectivity index (χ3v) is 7.12. The van der Waals surface area contributed by atoms with Gasteiger partial charge in [-0.05, 0) is 51.5 Å². The fraction of sp³-hybridized carbons (Fsp3) is 0.407. The summed E-state index contributed by atoms with van der Waals surface area (Å²) in [6, 6.07) is 6.94. The summed E-state index contributed by atoms with van der Waals surface area (Å²) >= 11 is 0. The summed E-state index contributed by atoms with van der Waals surface area (Å²) in [4.78, 5) is 65.4. The minimum Gasteiger partial charge on any atom is -0.467 e. The topological polar surface area (TPSA) is 154 Å². The van der Waals surface area contributed by atoms with Crippen molar-refractivity contribution in [3.8, 4) is 0 Å². The van der Waals surface area contributed by atoms with Crippen LogP contribution in [0.15, 0.2) is 36.4 Å². The monoisotopic (exact) mass is 557 g/mol. The Morgan fingerprint density at radius 3 is 2.42 bits per heavy atom. The van der Waals surface area contributed by atoms with Crippen LogP contribution < -0.4 is 10.2 Å². The molecule has 2 heterocycles. The van der Waals surface area contributed by atoms with Gasteiger partial charge in [-0.15, -0.1) is 0 Å². The molecule has 0 aromatic heterocycles. The number of benzene rings is 2. The first-order chi connectivity index (χ1) is 18.8. The number of anilines is 1. The normalized spacial score (nSPS) is 22.9. The molecule has 0 unspecified atom stereocenters. The predicted octanol–water partition coefficient (Wildman–Crippen LogP) is 3.49. The molecule has 1 N–H and O–H groups in total. The number of nitro groups is 1. The van der Waals surface area contributed by atoms with E-state index < -0.39 is 69.7 Å². The van der Waals surface area contributed by atoms with E-state index in [0.29, 0.717) is 0 Å². The second-order valence-electron chi connectivity index (χ2n) is 9.82. The Morgan fingerprint density at radius 1 is 1.15 bits per heavy atom. The Hall–Kier alpha value is -4.39. The molecular weight excluding hydrogens is 529 g/mol. The molecule has 3 atom stereocenters. The number of methoxy groups -OCH3 is 1. The number of rotatable bonds is 7. The van der Waals surface area contributed by atoms with Gasteiger partial charge < -0.3 is 14.2 Å². The molecule has 13 heteroatoms. The first kappa shape index (κ1) is 28.6. The van der Waals surface area contributed by atoms with Crippen LogP contribution in [0.4, 0.5) is 20.6 Å². The SMILES string of the molecule is CCOC(=O)N1c2cc(C(C)=O)ccc2[C@]2(C(=O)OC(C)C)C[C@@](C(=O)OC)(c3cc(F)ccc3[N+](=O)[O-])N[C@H]12. The van der Waals surface area contributed by atoms with Crippen LogP contribution in [0.2, 0.25) is 0 Å². The molecule has 1 fully saturated rings. The lowest BCUT2D eigenvalue weighted by Gasteiger charge is -2.31. The average Bonchev–Trinajstić information content (AvgIpc) is 3.38. The number of carbonyl (C=O) groups excluding carboxylic acids is 4. The van der Waals surface area contributed by atoms with Crippen molar-refractivity contribution in [2.24, 2.45) is 0 Å². The molecule has 1 amide bonds. The van der Waals surface area contributed by atoms with Crippen molar-refractivity contribution in [3.05, 3.63) is 69.0 Å². The maximum atomic E-state index is 14.6. The molecular formula is C27H28FN3O9. The van der Waals surface area contributed by atoms with Crippen LogP contribution in [0.25, 0.3) is 0 Å². The molecule has 2 aromatic rings. The summed E-state index contributed by atoms with van der Waals surface area (Å²) in [7, 11) is 1.04. The largest absolute Gasteiger partial charge is 0.467 e. The molecule has 0 spiro atoms. The van der Waals surface area contributed by atoms with Crippen LogP contribution >= 0.6 is 0 Å². The highest BCUT2D eigenvalue weighted by Gasteiger charge is 2.71. The highest BCUT2D eigenvalue weighted by molar-refractivity contribution is 6.04. The lowest BCUT2D eigenvalue weighted by molar-refractivity contribution is -0.386. The first-order valence-corrected chi connectivity index (χ1v) is 12.5. The highest BCUT2D eigenvalue weighted by Crippen LogP contribution is 2.57. The maximum absolute atomic E-state index is 14.6. The molecule has 12 nitrogen and oxygen atoms in total. The summed E-state index contributed by atoms with van der Waals surface area (Å²) in [5, 5.41) is 14.9. The van der Waals surface area contributed by atoms with E-state index in [4.69, 9.17) is 14.2 Å². The van der Waals surface area contributed by atoms with E-state index in [0.717, 1.165) is 30.2 Å². The Morgan fingerprint density at radius 2 is 1.85 bits per heavy atom. The number of halogens is 1. The number of carbonyl (C=O) groups is 4. The van der Waals surface area contributed by atoms with E-state index >= 15 is 0 Å². The van der Waals surface area contributed by atoms with Crippen LogP contribution in [0.5, 0.6) is 0 Å². The van der Waals surface area contributed by atoms with Gasteiger partial charge in [-0.2, -0.15) is 0 Å². The van der Waals surface area contributed by atoms with E-state index in [1.165, 1.54) is 25.1 Å². The number of ether oxygens (including phenoxy) is 3. The van der Waals surface area contributed by atoms with Gasteiger partial charge in [-0.25, -0.2) is 14.0 Å². The number of fused-ring (bicyclic) bond motifs is 3. The predicted molar refractivity (Wildman–Crippen MR) is 137 cm³/mol. The van der Waals surface area contributed by atoms with E-state index in [1.54, 1.807) is 20.8 Å². The van der Waals surface area contributed by atoms with Crippen molar-refractivity contribution in [3.63, 3.8) is 0 Å². The lowest BCUT2D eigenvalue weighted by atomic mass is 9.72. The van der Waals surface area contributed by atoms with E-state index in [1.807, 2.05) is 0 Å². The van der Waals surface area contributed by atoms with Gasteiger partial charge in [0.15, 0.2) is 11.3 Å². The van der Waals surface area contributed by atoms with E-state index in [-0.39, 0.29) is 29.2 Å². The summed E-state index contributed by atoms with van der Waals surface area (Å²) in [5.41, 5.74) is -4.45. The summed E-state index contributed by atoms with van der Waals surface area (Å²) in [6.45, 7) is 6.06. The minimum atomic E-state index is -2.18.